The molecule has 0 fully saturated rings. The van der Waals surface area contributed by atoms with Gasteiger partial charge in [0.2, 0.25) is 11.8 Å². The summed E-state index contributed by atoms with van der Waals surface area (Å²) in [6.07, 6.45) is 15.5. The quantitative estimate of drug-likeness (QED) is 0.233. The van der Waals surface area contributed by atoms with Crippen LogP contribution in [-0.2, 0) is 9.59 Å². The van der Waals surface area contributed by atoms with Crippen molar-refractivity contribution in [1.82, 2.24) is 10.6 Å². The van der Waals surface area contributed by atoms with E-state index in [4.69, 9.17) is 23.1 Å². The van der Waals surface area contributed by atoms with Gasteiger partial charge in [0.25, 0.3) is 0 Å². The largest absolute Gasteiger partial charge is 0.504 e. The van der Waals surface area contributed by atoms with Gasteiger partial charge < -0.3 is 31.1 Å². The minimum atomic E-state index is -0.314. The van der Waals surface area contributed by atoms with Gasteiger partial charge in [0.15, 0.2) is 23.0 Å². The van der Waals surface area contributed by atoms with Crippen molar-refractivity contribution in [3.05, 3.63) is 59.7 Å². The molecule has 0 aliphatic heterocycles. The van der Waals surface area contributed by atoms with Crippen LogP contribution in [0.5, 0.6) is 23.0 Å². The third-order valence-electron chi connectivity index (χ3n) is 3.58. The van der Waals surface area contributed by atoms with Crippen LogP contribution in [0.15, 0.2) is 48.6 Å². The first-order valence-corrected chi connectivity index (χ1v) is 9.09. The number of phenolic OH excluding ortho intramolecular Hbond substituents is 4. The summed E-state index contributed by atoms with van der Waals surface area (Å²) >= 11 is 0. The monoisotopic (exact) mass is 434 g/mol. The van der Waals surface area contributed by atoms with Gasteiger partial charge in [-0.1, -0.05) is 24.0 Å². The number of carbonyl (C=O) groups excluding carboxylic acids is 2. The Kier molecular flexibility index (Phi) is 10.6. The SMILES string of the molecule is C#CCNC(=O)C=Cc1ccc(O)c(O)c1.C#CCNC(=O)C=Cc1ccc(O)c(O)c1. The molecule has 32 heavy (non-hydrogen) atoms. The fourth-order valence-corrected chi connectivity index (χ4v) is 2.03. The average molecular weight is 434 g/mol. The van der Waals surface area contributed by atoms with Crippen LogP contribution < -0.4 is 10.6 Å². The lowest BCUT2D eigenvalue weighted by Crippen LogP contribution is -2.20. The van der Waals surface area contributed by atoms with E-state index in [1.165, 1.54) is 48.6 Å². The predicted molar refractivity (Wildman–Crippen MR) is 121 cm³/mol. The molecule has 2 amide bonds. The van der Waals surface area contributed by atoms with Gasteiger partial charge >= 0.3 is 0 Å². The molecule has 2 aromatic rings. The van der Waals surface area contributed by atoms with E-state index in [0.717, 1.165) is 0 Å². The van der Waals surface area contributed by atoms with Crippen LogP contribution in [0.3, 0.4) is 0 Å². The van der Waals surface area contributed by atoms with Crippen LogP contribution in [0.4, 0.5) is 0 Å². The van der Waals surface area contributed by atoms with E-state index in [2.05, 4.69) is 22.5 Å². The van der Waals surface area contributed by atoms with Gasteiger partial charge in [-0.2, -0.15) is 0 Å². The number of hydrogen-bond acceptors (Lipinski definition) is 6. The average Bonchev–Trinajstić information content (AvgIpc) is 2.78. The molecule has 0 unspecified atom stereocenters. The van der Waals surface area contributed by atoms with Crippen LogP contribution in [0.1, 0.15) is 11.1 Å². The maximum atomic E-state index is 11.1. The van der Waals surface area contributed by atoms with Crippen molar-refractivity contribution < 1.29 is 30.0 Å². The summed E-state index contributed by atoms with van der Waals surface area (Å²) in [6.45, 7) is 0.341. The van der Waals surface area contributed by atoms with Gasteiger partial charge in [-0.25, -0.2) is 0 Å². The molecule has 0 aliphatic rings. The zero-order valence-electron chi connectivity index (χ0n) is 16.9. The van der Waals surface area contributed by atoms with E-state index in [1.54, 1.807) is 12.1 Å². The minimum absolute atomic E-state index is 0.171. The van der Waals surface area contributed by atoms with Crippen molar-refractivity contribution in [1.29, 1.82) is 0 Å². The Bertz CT molecular complexity index is 1000. The van der Waals surface area contributed by atoms with Gasteiger partial charge in [-0.05, 0) is 47.5 Å². The molecule has 0 saturated carbocycles. The smallest absolute Gasteiger partial charge is 0.244 e. The van der Waals surface area contributed by atoms with Crippen LogP contribution in [0.25, 0.3) is 12.2 Å². The molecule has 164 valence electrons. The maximum absolute atomic E-state index is 11.1. The van der Waals surface area contributed by atoms with Crippen LogP contribution >= 0.6 is 0 Å². The highest BCUT2D eigenvalue weighted by Gasteiger charge is 1.99. The molecule has 0 aliphatic carbocycles. The molecular formula is C24H22N2O6. The number of amides is 2. The van der Waals surface area contributed by atoms with Crippen molar-refractivity contribution >= 4 is 24.0 Å². The maximum Gasteiger partial charge on any atom is 0.244 e. The molecule has 2 rings (SSSR count). The Balaban J connectivity index is 0.000000320. The molecule has 6 N–H and O–H groups in total. The molecule has 0 aromatic heterocycles. The van der Waals surface area contributed by atoms with Gasteiger partial charge in [-0.3, -0.25) is 9.59 Å². The first-order chi connectivity index (χ1) is 15.3. The van der Waals surface area contributed by atoms with Crippen molar-refractivity contribution in [3.63, 3.8) is 0 Å². The lowest BCUT2D eigenvalue weighted by Gasteiger charge is -1.98. The zero-order chi connectivity index (χ0) is 23.9. The first kappa shape index (κ1) is 25.2. The Labute approximate surface area is 185 Å². The molecule has 0 saturated heterocycles. The zero-order valence-corrected chi connectivity index (χ0v) is 16.9. The van der Waals surface area contributed by atoms with Gasteiger partial charge in [-0.15, -0.1) is 12.8 Å². The molecule has 8 nitrogen and oxygen atoms in total. The molecule has 0 heterocycles. The molecule has 0 spiro atoms. The summed E-state index contributed by atoms with van der Waals surface area (Å²) in [4.78, 5) is 22.2. The highest BCUT2D eigenvalue weighted by molar-refractivity contribution is 5.92. The van der Waals surface area contributed by atoms with Crippen LogP contribution in [-0.4, -0.2) is 45.3 Å². The molecule has 2 aromatic carbocycles. The van der Waals surface area contributed by atoms with Gasteiger partial charge in [0, 0.05) is 12.2 Å². The number of rotatable bonds is 6. The highest BCUT2D eigenvalue weighted by atomic mass is 16.3. The van der Waals surface area contributed by atoms with Gasteiger partial charge in [0.05, 0.1) is 13.1 Å². The van der Waals surface area contributed by atoms with E-state index in [-0.39, 0.29) is 47.9 Å². The second kappa shape index (κ2) is 13.4. The van der Waals surface area contributed by atoms with E-state index in [1.807, 2.05) is 0 Å². The Morgan fingerprint density at radius 1 is 0.719 bits per heavy atom. The molecule has 0 atom stereocenters. The first-order valence-electron chi connectivity index (χ1n) is 9.09. The third kappa shape index (κ3) is 9.59. The van der Waals surface area contributed by atoms with Crippen molar-refractivity contribution in [2.75, 3.05) is 13.1 Å². The van der Waals surface area contributed by atoms with E-state index < -0.39 is 0 Å². The Morgan fingerprint density at radius 3 is 1.41 bits per heavy atom. The fourth-order valence-electron chi connectivity index (χ4n) is 2.03. The lowest BCUT2D eigenvalue weighted by atomic mass is 10.2. The lowest BCUT2D eigenvalue weighted by molar-refractivity contribution is -0.117. The van der Waals surface area contributed by atoms with Gasteiger partial charge in [0.1, 0.15) is 0 Å². The number of benzene rings is 2. The van der Waals surface area contributed by atoms with Crippen molar-refractivity contribution in [3.8, 4) is 47.7 Å². The summed E-state index contributed by atoms with van der Waals surface area (Å²) < 4.78 is 0. The number of phenols is 4. The summed E-state index contributed by atoms with van der Waals surface area (Å²) in [6, 6.07) is 8.52. The molecule has 0 radical (unpaired) electrons. The van der Waals surface area contributed by atoms with Crippen LogP contribution in [0.2, 0.25) is 0 Å². The predicted octanol–water partition coefficient (Wildman–Crippen LogP) is 1.72. The highest BCUT2D eigenvalue weighted by Crippen LogP contribution is 2.26. The topological polar surface area (TPSA) is 139 Å². The Morgan fingerprint density at radius 2 is 1.09 bits per heavy atom. The van der Waals surface area contributed by atoms with E-state index >= 15 is 0 Å². The third-order valence-corrected chi connectivity index (χ3v) is 3.58. The van der Waals surface area contributed by atoms with Crippen LogP contribution in [0, 0.1) is 24.7 Å². The summed E-state index contributed by atoms with van der Waals surface area (Å²) in [5.41, 5.74) is 1.21. The number of nitrogens with one attached hydrogen (secondary N) is 2. The number of hydrogen-bond donors (Lipinski definition) is 6. The standard InChI is InChI=1S/2C12H11NO3/c2*1-2-7-13-12(16)6-4-9-3-5-10(14)11(15)8-9/h2*1,3-6,8,14-15H,7H2,(H,13,16). The van der Waals surface area contributed by atoms with Crippen molar-refractivity contribution in [2.24, 2.45) is 0 Å². The normalized spacial score (nSPS) is 9.94. The number of carbonyl (C=O) groups is 2. The second-order valence-electron chi connectivity index (χ2n) is 6.01. The second-order valence-corrected chi connectivity index (χ2v) is 6.01. The fraction of sp³-hybridized carbons (Fsp3) is 0.0833. The minimum Gasteiger partial charge on any atom is -0.504 e. The molecule has 8 heteroatoms. The van der Waals surface area contributed by atoms with E-state index in [0.29, 0.717) is 11.1 Å². The summed E-state index contributed by atoms with van der Waals surface area (Å²) in [7, 11) is 0. The summed E-state index contributed by atoms with van der Waals surface area (Å²) in [5.74, 6) is 3.06. The van der Waals surface area contributed by atoms with Crippen molar-refractivity contribution in [2.45, 2.75) is 0 Å². The van der Waals surface area contributed by atoms with E-state index in [9.17, 15) is 19.8 Å². The number of terminal acetylenes is 2. The summed E-state index contributed by atoms with van der Waals surface area (Å²) in [5, 5.41) is 41.4. The molecular weight excluding hydrogens is 412 g/mol. The number of aromatic hydroxyl groups is 4. The Hall–Kier alpha value is -4.82. The molecule has 0 bridgehead atoms.